The Hall–Kier alpha value is -2.05. The number of aromatic nitrogens is 2. The van der Waals surface area contributed by atoms with Crippen LogP contribution in [0.15, 0.2) is 12.4 Å². The highest BCUT2D eigenvalue weighted by atomic mass is 16.6. The smallest absolute Gasteiger partial charge is 0.410 e. The van der Waals surface area contributed by atoms with Crippen molar-refractivity contribution < 1.29 is 9.53 Å². The van der Waals surface area contributed by atoms with E-state index in [0.29, 0.717) is 12.0 Å². The van der Waals surface area contributed by atoms with Crippen molar-refractivity contribution >= 4 is 17.7 Å². The van der Waals surface area contributed by atoms with Crippen LogP contribution in [-0.2, 0) is 4.74 Å². The van der Waals surface area contributed by atoms with Crippen LogP contribution in [0.4, 0.5) is 16.4 Å². The van der Waals surface area contributed by atoms with Gasteiger partial charge in [0.15, 0.2) is 0 Å². The standard InChI is InChI=1S/C18H29N5O2/c1-18(2,3)25-17(24)23-8-4-5-13(11-23)10-19-15-9-16(21-12-20-15)22-14-6-7-14/h9,12-14H,4-8,10-11H2,1-3H3,(H2,19,20,21,22). The largest absolute Gasteiger partial charge is 0.444 e. The summed E-state index contributed by atoms with van der Waals surface area (Å²) in [5, 5.41) is 6.76. The molecule has 2 heterocycles. The van der Waals surface area contributed by atoms with Gasteiger partial charge in [-0.25, -0.2) is 14.8 Å². The van der Waals surface area contributed by atoms with Gasteiger partial charge in [-0.3, -0.25) is 0 Å². The SMILES string of the molecule is CC(C)(C)OC(=O)N1CCCC(CNc2cc(NC3CC3)ncn2)C1. The first-order valence-corrected chi connectivity index (χ1v) is 9.19. The zero-order valence-electron chi connectivity index (χ0n) is 15.4. The number of piperidine rings is 1. The average Bonchev–Trinajstić information content (AvgIpc) is 3.36. The minimum Gasteiger partial charge on any atom is -0.444 e. The van der Waals surface area contributed by atoms with Crippen molar-refractivity contribution in [3.8, 4) is 0 Å². The number of rotatable bonds is 5. The third kappa shape index (κ3) is 5.76. The van der Waals surface area contributed by atoms with Crippen molar-refractivity contribution in [1.29, 1.82) is 0 Å². The second-order valence-electron chi connectivity index (χ2n) is 8.02. The minimum absolute atomic E-state index is 0.213. The summed E-state index contributed by atoms with van der Waals surface area (Å²) in [7, 11) is 0. The molecule has 0 bridgehead atoms. The van der Waals surface area contributed by atoms with Crippen molar-refractivity contribution in [1.82, 2.24) is 14.9 Å². The van der Waals surface area contributed by atoms with E-state index in [-0.39, 0.29) is 6.09 Å². The summed E-state index contributed by atoms with van der Waals surface area (Å²) < 4.78 is 5.48. The fraction of sp³-hybridized carbons (Fsp3) is 0.722. The maximum Gasteiger partial charge on any atom is 0.410 e. The summed E-state index contributed by atoms with van der Waals surface area (Å²) >= 11 is 0. The number of carbonyl (C=O) groups excluding carboxylic acids is 1. The van der Waals surface area contributed by atoms with E-state index in [1.165, 1.54) is 12.8 Å². The van der Waals surface area contributed by atoms with Crippen molar-refractivity contribution in [3.05, 3.63) is 12.4 Å². The molecular formula is C18H29N5O2. The molecule has 138 valence electrons. The van der Waals surface area contributed by atoms with Crippen molar-refractivity contribution in [2.24, 2.45) is 5.92 Å². The molecular weight excluding hydrogens is 318 g/mol. The number of hydrogen-bond acceptors (Lipinski definition) is 6. The van der Waals surface area contributed by atoms with Gasteiger partial charge in [0.25, 0.3) is 0 Å². The van der Waals surface area contributed by atoms with Gasteiger partial charge in [0, 0.05) is 31.7 Å². The molecule has 2 N–H and O–H groups in total. The molecule has 2 aliphatic rings. The maximum absolute atomic E-state index is 12.2. The summed E-state index contributed by atoms with van der Waals surface area (Å²) in [6, 6.07) is 2.52. The van der Waals surface area contributed by atoms with E-state index >= 15 is 0 Å². The normalized spacial score (nSPS) is 20.9. The summed E-state index contributed by atoms with van der Waals surface area (Å²) in [6.07, 6.45) is 5.91. The lowest BCUT2D eigenvalue weighted by atomic mass is 9.98. The van der Waals surface area contributed by atoms with E-state index in [2.05, 4.69) is 20.6 Å². The second kappa shape index (κ2) is 7.45. The van der Waals surface area contributed by atoms with Crippen molar-refractivity contribution in [2.75, 3.05) is 30.3 Å². The number of ether oxygens (including phenoxy) is 1. The van der Waals surface area contributed by atoms with E-state index in [0.717, 1.165) is 44.1 Å². The quantitative estimate of drug-likeness (QED) is 0.852. The highest BCUT2D eigenvalue weighted by molar-refractivity contribution is 5.68. The Labute approximate surface area is 149 Å². The second-order valence-corrected chi connectivity index (χ2v) is 8.02. The van der Waals surface area contributed by atoms with Crippen LogP contribution in [0.2, 0.25) is 0 Å². The molecule has 1 amide bonds. The Bertz CT molecular complexity index is 597. The number of nitrogens with zero attached hydrogens (tertiary/aromatic N) is 3. The predicted octanol–water partition coefficient (Wildman–Crippen LogP) is 3.11. The fourth-order valence-corrected chi connectivity index (χ4v) is 2.94. The van der Waals surface area contributed by atoms with E-state index in [1.807, 2.05) is 31.7 Å². The van der Waals surface area contributed by atoms with Crippen LogP contribution in [-0.4, -0.2) is 52.2 Å². The third-order valence-electron chi connectivity index (χ3n) is 4.34. The molecule has 1 unspecified atom stereocenters. The van der Waals surface area contributed by atoms with Gasteiger partial charge in [0.05, 0.1) is 0 Å². The molecule has 1 atom stereocenters. The molecule has 0 radical (unpaired) electrons. The molecule has 7 heteroatoms. The number of nitrogens with one attached hydrogen (secondary N) is 2. The number of hydrogen-bond donors (Lipinski definition) is 2. The number of likely N-dealkylation sites (tertiary alicyclic amines) is 1. The van der Waals surface area contributed by atoms with Gasteiger partial charge in [0.1, 0.15) is 23.6 Å². The van der Waals surface area contributed by atoms with E-state index in [9.17, 15) is 4.79 Å². The maximum atomic E-state index is 12.2. The van der Waals surface area contributed by atoms with Gasteiger partial charge in [-0.2, -0.15) is 0 Å². The van der Waals surface area contributed by atoms with Crippen LogP contribution in [0.1, 0.15) is 46.5 Å². The lowest BCUT2D eigenvalue weighted by molar-refractivity contribution is 0.0172. The Morgan fingerprint density at radius 3 is 2.76 bits per heavy atom. The van der Waals surface area contributed by atoms with Crippen LogP contribution in [0.3, 0.4) is 0 Å². The lowest BCUT2D eigenvalue weighted by Gasteiger charge is -2.34. The molecule has 0 aromatic carbocycles. The molecule has 1 aliphatic carbocycles. The van der Waals surface area contributed by atoms with Gasteiger partial charge in [-0.05, 0) is 52.4 Å². The van der Waals surface area contributed by atoms with Crippen molar-refractivity contribution in [3.63, 3.8) is 0 Å². The van der Waals surface area contributed by atoms with E-state index in [1.54, 1.807) is 6.33 Å². The van der Waals surface area contributed by atoms with Crippen LogP contribution in [0, 0.1) is 5.92 Å². The molecule has 1 aliphatic heterocycles. The first-order valence-electron chi connectivity index (χ1n) is 9.19. The summed E-state index contributed by atoms with van der Waals surface area (Å²) in [4.78, 5) is 22.6. The molecule has 7 nitrogen and oxygen atoms in total. The zero-order chi connectivity index (χ0) is 17.9. The number of carbonyl (C=O) groups is 1. The van der Waals surface area contributed by atoms with Crippen LogP contribution in [0.25, 0.3) is 0 Å². The topological polar surface area (TPSA) is 79.4 Å². The molecule has 0 spiro atoms. The van der Waals surface area contributed by atoms with Crippen LogP contribution in [0.5, 0.6) is 0 Å². The fourth-order valence-electron chi connectivity index (χ4n) is 2.94. The Balaban J connectivity index is 1.48. The van der Waals surface area contributed by atoms with Gasteiger partial charge in [-0.15, -0.1) is 0 Å². The molecule has 2 fully saturated rings. The predicted molar refractivity (Wildman–Crippen MR) is 97.7 cm³/mol. The highest BCUT2D eigenvalue weighted by Gasteiger charge is 2.27. The Kier molecular flexibility index (Phi) is 5.30. The molecule has 1 aromatic heterocycles. The zero-order valence-corrected chi connectivity index (χ0v) is 15.4. The Morgan fingerprint density at radius 1 is 1.28 bits per heavy atom. The first-order chi connectivity index (χ1) is 11.9. The highest BCUT2D eigenvalue weighted by Crippen LogP contribution is 2.24. The summed E-state index contributed by atoms with van der Waals surface area (Å²) in [5.74, 6) is 2.10. The molecule has 1 saturated heterocycles. The van der Waals surface area contributed by atoms with Crippen molar-refractivity contribution in [2.45, 2.75) is 58.1 Å². The minimum atomic E-state index is -0.450. The molecule has 1 saturated carbocycles. The summed E-state index contributed by atoms with van der Waals surface area (Å²) in [6.45, 7) is 7.98. The van der Waals surface area contributed by atoms with Gasteiger partial charge in [-0.1, -0.05) is 0 Å². The third-order valence-corrected chi connectivity index (χ3v) is 4.34. The summed E-state index contributed by atoms with van der Waals surface area (Å²) in [5.41, 5.74) is -0.450. The number of amides is 1. The van der Waals surface area contributed by atoms with E-state index < -0.39 is 5.60 Å². The number of anilines is 2. The average molecular weight is 347 g/mol. The van der Waals surface area contributed by atoms with E-state index in [4.69, 9.17) is 4.74 Å². The monoisotopic (exact) mass is 347 g/mol. The first kappa shape index (κ1) is 17.8. The van der Waals surface area contributed by atoms with Gasteiger partial charge >= 0.3 is 6.09 Å². The molecule has 25 heavy (non-hydrogen) atoms. The van der Waals surface area contributed by atoms with Gasteiger partial charge in [0.2, 0.25) is 0 Å². The van der Waals surface area contributed by atoms with Crippen LogP contribution < -0.4 is 10.6 Å². The Morgan fingerprint density at radius 2 is 2.04 bits per heavy atom. The lowest BCUT2D eigenvalue weighted by Crippen LogP contribution is -2.44. The molecule has 1 aromatic rings. The van der Waals surface area contributed by atoms with Crippen LogP contribution >= 0.6 is 0 Å². The van der Waals surface area contributed by atoms with Gasteiger partial charge < -0.3 is 20.3 Å². The molecule has 3 rings (SSSR count).